The molecule has 0 radical (unpaired) electrons. The van der Waals surface area contributed by atoms with Crippen LogP contribution in [0.1, 0.15) is 47.8 Å². The highest BCUT2D eigenvalue weighted by molar-refractivity contribution is 7.91. The lowest BCUT2D eigenvalue weighted by atomic mass is 10.1. The summed E-state index contributed by atoms with van der Waals surface area (Å²) in [5, 5.41) is 8.47. The highest BCUT2D eigenvalue weighted by Gasteiger charge is 2.33. The first-order valence-corrected chi connectivity index (χ1v) is 10.7. The minimum absolute atomic E-state index is 0.225. The molecule has 1 N–H and O–H groups in total. The van der Waals surface area contributed by atoms with Crippen LogP contribution >= 0.6 is 11.3 Å². The van der Waals surface area contributed by atoms with Crippen molar-refractivity contribution in [3.8, 4) is 0 Å². The van der Waals surface area contributed by atoms with Crippen LogP contribution in [0, 0.1) is 0 Å². The molecule has 0 aromatic carbocycles. The fourth-order valence-corrected chi connectivity index (χ4v) is 5.70. The van der Waals surface area contributed by atoms with Crippen molar-refractivity contribution in [2.24, 2.45) is 0 Å². The van der Waals surface area contributed by atoms with Crippen LogP contribution in [0.3, 0.4) is 0 Å². The molecular weight excluding hydrogens is 362 g/mol. The van der Waals surface area contributed by atoms with Crippen molar-refractivity contribution in [3.63, 3.8) is 0 Å². The largest absolute Gasteiger partial charge is 0.360 e. The highest BCUT2D eigenvalue weighted by atomic mass is 32.2. The van der Waals surface area contributed by atoms with Crippen molar-refractivity contribution in [2.75, 3.05) is 13.1 Å². The second kappa shape index (κ2) is 6.54. The third-order valence-electron chi connectivity index (χ3n) is 4.55. The maximum Gasteiger partial charge on any atom is 0.273 e. The quantitative estimate of drug-likeness (QED) is 0.857. The van der Waals surface area contributed by atoms with Gasteiger partial charge in [-0.2, -0.15) is 4.31 Å². The average molecular weight is 381 g/mol. The van der Waals surface area contributed by atoms with E-state index in [-0.39, 0.29) is 24.2 Å². The van der Waals surface area contributed by atoms with Crippen molar-refractivity contribution in [2.45, 2.75) is 41.9 Å². The number of aromatic nitrogens is 1. The Morgan fingerprint density at radius 3 is 2.92 bits per heavy atom. The molecule has 9 heteroatoms. The van der Waals surface area contributed by atoms with Crippen LogP contribution < -0.4 is 5.32 Å². The van der Waals surface area contributed by atoms with E-state index in [2.05, 4.69) is 10.5 Å². The van der Waals surface area contributed by atoms with Gasteiger partial charge in [-0.25, -0.2) is 8.42 Å². The van der Waals surface area contributed by atoms with E-state index in [1.807, 2.05) is 0 Å². The Morgan fingerprint density at radius 1 is 1.36 bits per heavy atom. The number of nitrogens with one attached hydrogen (secondary N) is 1. The molecule has 7 nitrogen and oxygen atoms in total. The summed E-state index contributed by atoms with van der Waals surface area (Å²) in [5.41, 5.74) is 0.264. The Bertz CT molecular complexity index is 856. The Kier molecular flexibility index (Phi) is 4.38. The number of carbonyl (C=O) groups excluding carboxylic acids is 1. The van der Waals surface area contributed by atoms with Crippen LogP contribution in [-0.4, -0.2) is 42.9 Å². The standard InChI is InChI=1S/C16H19N3O4S2/c20-16(13-9-14(23-18-13)11-5-6-11)17-12-3-1-7-19(10-12)25(21,22)15-4-2-8-24-15/h2,4,8-9,11-12H,1,3,5-7,10H2,(H,17,20)/t12-/m1/s1. The van der Waals surface area contributed by atoms with Gasteiger partial charge in [0.25, 0.3) is 15.9 Å². The van der Waals surface area contributed by atoms with Crippen LogP contribution in [0.15, 0.2) is 32.3 Å². The Morgan fingerprint density at radius 2 is 2.20 bits per heavy atom. The summed E-state index contributed by atoms with van der Waals surface area (Å²) in [5.74, 6) is 0.849. The first-order valence-electron chi connectivity index (χ1n) is 8.35. The number of hydrogen-bond donors (Lipinski definition) is 1. The summed E-state index contributed by atoms with van der Waals surface area (Å²) in [6.07, 6.45) is 3.61. The zero-order chi connectivity index (χ0) is 17.4. The van der Waals surface area contributed by atoms with Gasteiger partial charge in [0.2, 0.25) is 0 Å². The number of rotatable bonds is 5. The zero-order valence-electron chi connectivity index (χ0n) is 13.6. The molecule has 1 aliphatic heterocycles. The molecule has 1 aliphatic carbocycles. The number of piperidine rings is 1. The maximum absolute atomic E-state index is 12.6. The molecule has 3 heterocycles. The Balaban J connectivity index is 1.41. The molecule has 0 spiro atoms. The second-order valence-corrected chi connectivity index (χ2v) is 9.61. The van der Waals surface area contributed by atoms with Gasteiger partial charge in [0.15, 0.2) is 5.69 Å². The fraction of sp³-hybridized carbons (Fsp3) is 0.500. The lowest BCUT2D eigenvalue weighted by molar-refractivity contribution is 0.0912. The first-order chi connectivity index (χ1) is 12.0. The second-order valence-electron chi connectivity index (χ2n) is 6.50. The van der Waals surface area contributed by atoms with Gasteiger partial charge in [0.1, 0.15) is 9.97 Å². The van der Waals surface area contributed by atoms with E-state index < -0.39 is 10.0 Å². The Hall–Kier alpha value is -1.71. The summed E-state index contributed by atoms with van der Waals surface area (Å²) in [6.45, 7) is 0.752. The SMILES string of the molecule is O=C(N[C@@H]1CCCN(S(=O)(=O)c2cccs2)C1)c1cc(C2CC2)on1. The van der Waals surface area contributed by atoms with E-state index in [0.717, 1.165) is 25.0 Å². The van der Waals surface area contributed by atoms with Gasteiger partial charge in [0, 0.05) is 31.1 Å². The van der Waals surface area contributed by atoms with Crippen LogP contribution in [0.5, 0.6) is 0 Å². The summed E-state index contributed by atoms with van der Waals surface area (Å²) >= 11 is 1.21. The minimum Gasteiger partial charge on any atom is -0.360 e. The average Bonchev–Trinajstić information content (AvgIpc) is 3.12. The van der Waals surface area contributed by atoms with Crippen molar-refractivity contribution >= 4 is 27.3 Å². The van der Waals surface area contributed by atoms with E-state index in [1.165, 1.54) is 15.6 Å². The topological polar surface area (TPSA) is 92.5 Å². The lowest BCUT2D eigenvalue weighted by Gasteiger charge is -2.31. The van der Waals surface area contributed by atoms with Gasteiger partial charge in [-0.1, -0.05) is 11.2 Å². The van der Waals surface area contributed by atoms with Gasteiger partial charge in [-0.05, 0) is 37.1 Å². The third kappa shape index (κ3) is 3.49. The molecule has 1 saturated carbocycles. The summed E-state index contributed by atoms with van der Waals surface area (Å²) < 4.78 is 32.3. The predicted octanol–water partition coefficient (Wildman–Crippen LogP) is 2.20. The molecule has 25 heavy (non-hydrogen) atoms. The summed E-state index contributed by atoms with van der Waals surface area (Å²) in [6, 6.07) is 4.80. The molecular formula is C16H19N3O4S2. The van der Waals surface area contributed by atoms with Gasteiger partial charge in [0.05, 0.1) is 0 Å². The van der Waals surface area contributed by atoms with Gasteiger partial charge < -0.3 is 9.84 Å². The number of carbonyl (C=O) groups is 1. The Labute approximate surface area is 150 Å². The fourth-order valence-electron chi connectivity index (χ4n) is 3.03. The monoisotopic (exact) mass is 381 g/mol. The molecule has 1 amide bonds. The molecule has 0 bridgehead atoms. The molecule has 0 unspecified atom stereocenters. The maximum atomic E-state index is 12.6. The molecule has 2 aliphatic rings. The molecule has 134 valence electrons. The van der Waals surface area contributed by atoms with E-state index >= 15 is 0 Å². The van der Waals surface area contributed by atoms with Crippen LogP contribution in [-0.2, 0) is 10.0 Å². The van der Waals surface area contributed by atoms with Crippen molar-refractivity contribution < 1.29 is 17.7 Å². The normalized spacial score (nSPS) is 22.0. The smallest absolute Gasteiger partial charge is 0.273 e. The first kappa shape index (κ1) is 16.7. The van der Waals surface area contributed by atoms with Crippen molar-refractivity contribution in [1.82, 2.24) is 14.8 Å². The highest BCUT2D eigenvalue weighted by Crippen LogP contribution is 2.40. The number of amides is 1. The van der Waals surface area contributed by atoms with E-state index in [4.69, 9.17) is 4.52 Å². The summed E-state index contributed by atoms with van der Waals surface area (Å²) in [7, 11) is -3.48. The van der Waals surface area contributed by atoms with Gasteiger partial charge in [-0.3, -0.25) is 4.79 Å². The molecule has 2 fully saturated rings. The molecule has 2 aromatic rings. The summed E-state index contributed by atoms with van der Waals surface area (Å²) in [4.78, 5) is 12.4. The van der Waals surface area contributed by atoms with Crippen LogP contribution in [0.4, 0.5) is 0 Å². The number of hydrogen-bond acceptors (Lipinski definition) is 6. The van der Waals surface area contributed by atoms with Crippen molar-refractivity contribution in [3.05, 3.63) is 35.0 Å². The predicted molar refractivity (Wildman–Crippen MR) is 92.0 cm³/mol. The van der Waals surface area contributed by atoms with Crippen molar-refractivity contribution in [1.29, 1.82) is 0 Å². The molecule has 1 saturated heterocycles. The van der Waals surface area contributed by atoms with Crippen LogP contribution in [0.2, 0.25) is 0 Å². The number of sulfonamides is 1. The molecule has 1 atom stereocenters. The molecule has 4 rings (SSSR count). The van der Waals surface area contributed by atoms with Gasteiger partial charge in [-0.15, -0.1) is 11.3 Å². The molecule has 2 aromatic heterocycles. The lowest BCUT2D eigenvalue weighted by Crippen LogP contribution is -2.49. The zero-order valence-corrected chi connectivity index (χ0v) is 15.2. The van der Waals surface area contributed by atoms with E-state index in [1.54, 1.807) is 23.6 Å². The minimum atomic E-state index is -3.48. The number of thiophene rings is 1. The van der Waals surface area contributed by atoms with E-state index in [9.17, 15) is 13.2 Å². The number of nitrogens with zero attached hydrogens (tertiary/aromatic N) is 2. The van der Waals surface area contributed by atoms with Gasteiger partial charge >= 0.3 is 0 Å². The van der Waals surface area contributed by atoms with Crippen LogP contribution in [0.25, 0.3) is 0 Å². The van der Waals surface area contributed by atoms with E-state index in [0.29, 0.717) is 23.1 Å². The third-order valence-corrected chi connectivity index (χ3v) is 7.79.